The number of ether oxygens (including phenoxy) is 1. The highest BCUT2D eigenvalue weighted by Gasteiger charge is 2.34. The molecule has 0 aliphatic carbocycles. The van der Waals surface area contributed by atoms with Crippen molar-refractivity contribution in [2.24, 2.45) is 0 Å². The molecule has 1 saturated heterocycles. The van der Waals surface area contributed by atoms with Gasteiger partial charge in [-0.25, -0.2) is 4.98 Å². The molecular weight excluding hydrogens is 280 g/mol. The molecule has 1 fully saturated rings. The van der Waals surface area contributed by atoms with Crippen molar-refractivity contribution in [2.75, 3.05) is 31.4 Å². The molecule has 6 heteroatoms. The van der Waals surface area contributed by atoms with E-state index in [9.17, 15) is 4.79 Å². The van der Waals surface area contributed by atoms with E-state index >= 15 is 0 Å². The summed E-state index contributed by atoms with van der Waals surface area (Å²) in [5, 5.41) is 3.73. The van der Waals surface area contributed by atoms with Gasteiger partial charge in [0.2, 0.25) is 0 Å². The zero-order valence-electron chi connectivity index (χ0n) is 11.1. The Morgan fingerprint density at radius 1 is 1.68 bits per heavy atom. The van der Waals surface area contributed by atoms with Gasteiger partial charge >= 0.3 is 0 Å². The molecule has 1 aromatic rings. The number of methoxy groups -OCH3 is 1. The van der Waals surface area contributed by atoms with Crippen molar-refractivity contribution in [3.63, 3.8) is 0 Å². The van der Waals surface area contributed by atoms with Crippen LogP contribution in [-0.4, -0.2) is 47.9 Å². The van der Waals surface area contributed by atoms with Crippen molar-refractivity contribution in [1.29, 1.82) is 0 Å². The van der Waals surface area contributed by atoms with Crippen molar-refractivity contribution in [1.82, 2.24) is 10.3 Å². The highest BCUT2D eigenvalue weighted by Crippen LogP contribution is 2.30. The van der Waals surface area contributed by atoms with Crippen LogP contribution in [0, 0.1) is 0 Å². The van der Waals surface area contributed by atoms with E-state index in [2.05, 4.69) is 10.3 Å². The van der Waals surface area contributed by atoms with E-state index in [1.54, 1.807) is 25.4 Å². The lowest BCUT2D eigenvalue weighted by atomic mass is 10.0. The number of hydrogen-bond donors (Lipinski definition) is 1. The molecule has 19 heavy (non-hydrogen) atoms. The number of hydrogen-bond acceptors (Lipinski definition) is 5. The minimum atomic E-state index is -0.206. The maximum absolute atomic E-state index is 12.2. The van der Waals surface area contributed by atoms with Crippen molar-refractivity contribution in [2.45, 2.75) is 17.0 Å². The first-order valence-electron chi connectivity index (χ1n) is 6.11. The molecule has 0 radical (unpaired) electrons. The molecule has 1 aliphatic heterocycles. The molecule has 2 rings (SSSR count). The van der Waals surface area contributed by atoms with Crippen molar-refractivity contribution < 1.29 is 9.53 Å². The number of nitrogens with one attached hydrogen (secondary N) is 1. The molecule has 4 nitrogen and oxygen atoms in total. The van der Waals surface area contributed by atoms with Crippen LogP contribution in [0.3, 0.4) is 0 Å². The lowest BCUT2D eigenvalue weighted by molar-refractivity contribution is 0.0137. The molecule has 2 heterocycles. The van der Waals surface area contributed by atoms with Crippen molar-refractivity contribution >= 4 is 29.4 Å². The predicted octanol–water partition coefficient (Wildman–Crippen LogP) is 2.06. The second-order valence-corrected chi connectivity index (χ2v) is 6.33. The van der Waals surface area contributed by atoms with Crippen molar-refractivity contribution in [3.8, 4) is 0 Å². The highest BCUT2D eigenvalue weighted by molar-refractivity contribution is 7.99. The summed E-state index contributed by atoms with van der Waals surface area (Å²) in [5.41, 5.74) is 0.425. The third-order valence-electron chi connectivity index (χ3n) is 3.28. The molecular formula is C13H18N2O2S2. The van der Waals surface area contributed by atoms with Crippen LogP contribution < -0.4 is 5.32 Å². The summed E-state index contributed by atoms with van der Waals surface area (Å²) in [7, 11) is 1.72. The van der Waals surface area contributed by atoms with Crippen molar-refractivity contribution in [3.05, 3.63) is 23.9 Å². The number of rotatable bonds is 5. The second-order valence-electron chi connectivity index (χ2n) is 4.43. The van der Waals surface area contributed by atoms with Gasteiger partial charge in [0.25, 0.3) is 5.91 Å². The van der Waals surface area contributed by atoms with Gasteiger partial charge in [-0.2, -0.15) is 11.8 Å². The summed E-state index contributed by atoms with van der Waals surface area (Å²) in [5.74, 6) is 1.95. The van der Waals surface area contributed by atoms with Gasteiger partial charge in [-0.15, -0.1) is 11.8 Å². The van der Waals surface area contributed by atoms with Gasteiger partial charge < -0.3 is 10.1 Å². The van der Waals surface area contributed by atoms with Crippen LogP contribution in [0.2, 0.25) is 0 Å². The summed E-state index contributed by atoms with van der Waals surface area (Å²) in [6.45, 7) is 0.554. The molecule has 1 amide bonds. The number of nitrogens with zero attached hydrogens (tertiary/aromatic N) is 1. The van der Waals surface area contributed by atoms with E-state index in [1.165, 1.54) is 11.8 Å². The van der Waals surface area contributed by atoms with Crippen LogP contribution in [0.5, 0.6) is 0 Å². The standard InChI is InChI=1S/C13H18N2O2S2/c1-17-13(5-7-19-9-13)8-15-11(16)10-4-3-6-14-12(10)18-2/h3-4,6H,5,7-9H2,1-2H3,(H,15,16). The quantitative estimate of drug-likeness (QED) is 0.843. The molecule has 1 N–H and O–H groups in total. The summed E-state index contributed by atoms with van der Waals surface area (Å²) in [6, 6.07) is 3.59. The van der Waals surface area contributed by atoms with Crippen LogP contribution >= 0.6 is 23.5 Å². The predicted molar refractivity (Wildman–Crippen MR) is 80.0 cm³/mol. The SMILES string of the molecule is COC1(CNC(=O)c2cccnc2SC)CCSC1. The maximum Gasteiger partial charge on any atom is 0.254 e. The van der Waals surface area contributed by atoms with Gasteiger partial charge in [-0.1, -0.05) is 0 Å². The van der Waals surface area contributed by atoms with E-state index in [-0.39, 0.29) is 11.5 Å². The average molecular weight is 298 g/mol. The lowest BCUT2D eigenvalue weighted by Gasteiger charge is -2.26. The summed E-state index contributed by atoms with van der Waals surface area (Å²) >= 11 is 3.35. The third-order valence-corrected chi connectivity index (χ3v) is 5.22. The number of carbonyl (C=O) groups is 1. The number of aromatic nitrogens is 1. The Kier molecular flexibility index (Phi) is 5.13. The molecule has 0 spiro atoms. The van der Waals surface area contributed by atoms with Crippen LogP contribution in [0.1, 0.15) is 16.8 Å². The lowest BCUT2D eigenvalue weighted by Crippen LogP contribution is -2.44. The molecule has 1 unspecified atom stereocenters. The molecule has 1 aromatic heterocycles. The first-order chi connectivity index (χ1) is 9.21. The van der Waals surface area contributed by atoms with E-state index in [0.717, 1.165) is 23.0 Å². The van der Waals surface area contributed by atoms with E-state index in [0.29, 0.717) is 12.1 Å². The van der Waals surface area contributed by atoms with Gasteiger partial charge in [-0.3, -0.25) is 4.79 Å². The molecule has 1 aliphatic rings. The fraction of sp³-hybridized carbons (Fsp3) is 0.538. The number of amides is 1. The second kappa shape index (κ2) is 6.63. The number of carbonyl (C=O) groups excluding carboxylic acids is 1. The average Bonchev–Trinajstić information content (AvgIpc) is 2.94. The zero-order valence-corrected chi connectivity index (χ0v) is 12.8. The Morgan fingerprint density at radius 3 is 3.16 bits per heavy atom. The summed E-state index contributed by atoms with van der Waals surface area (Å²) in [6.07, 6.45) is 4.60. The van der Waals surface area contributed by atoms with Crippen LogP contribution in [-0.2, 0) is 4.74 Å². The largest absolute Gasteiger partial charge is 0.376 e. The Labute approximate surface area is 122 Å². The topological polar surface area (TPSA) is 51.2 Å². The molecule has 1 atom stereocenters. The number of pyridine rings is 1. The minimum absolute atomic E-state index is 0.0780. The molecule has 104 valence electrons. The minimum Gasteiger partial charge on any atom is -0.376 e. The number of thioether (sulfide) groups is 2. The van der Waals surface area contributed by atoms with Gasteiger partial charge in [-0.05, 0) is 30.6 Å². The Hall–Kier alpha value is -0.720. The Balaban J connectivity index is 2.01. The van der Waals surface area contributed by atoms with Gasteiger partial charge in [0.1, 0.15) is 5.03 Å². The smallest absolute Gasteiger partial charge is 0.254 e. The Morgan fingerprint density at radius 2 is 2.53 bits per heavy atom. The summed E-state index contributed by atoms with van der Waals surface area (Å²) in [4.78, 5) is 16.4. The van der Waals surface area contributed by atoms with E-state index in [4.69, 9.17) is 4.74 Å². The molecule has 0 aromatic carbocycles. The van der Waals surface area contributed by atoms with Gasteiger partial charge in [0.15, 0.2) is 0 Å². The highest BCUT2D eigenvalue weighted by atomic mass is 32.2. The van der Waals surface area contributed by atoms with Gasteiger partial charge in [0.05, 0.1) is 11.2 Å². The van der Waals surface area contributed by atoms with E-state index < -0.39 is 0 Å². The monoisotopic (exact) mass is 298 g/mol. The van der Waals surface area contributed by atoms with E-state index in [1.807, 2.05) is 18.0 Å². The molecule has 0 saturated carbocycles. The van der Waals surface area contributed by atoms with Gasteiger partial charge in [0, 0.05) is 25.6 Å². The maximum atomic E-state index is 12.2. The fourth-order valence-corrected chi connectivity index (χ4v) is 3.97. The first-order valence-corrected chi connectivity index (χ1v) is 8.49. The third kappa shape index (κ3) is 3.43. The normalized spacial score (nSPS) is 22.4. The molecule has 0 bridgehead atoms. The Bertz CT molecular complexity index is 448. The zero-order chi connectivity index (χ0) is 13.7. The van der Waals surface area contributed by atoms with Crippen LogP contribution in [0.25, 0.3) is 0 Å². The fourth-order valence-electron chi connectivity index (χ4n) is 2.02. The van der Waals surface area contributed by atoms with Crippen LogP contribution in [0.15, 0.2) is 23.4 Å². The first kappa shape index (κ1) is 14.7. The van der Waals surface area contributed by atoms with Crippen LogP contribution in [0.4, 0.5) is 0 Å². The summed E-state index contributed by atoms with van der Waals surface area (Å²) < 4.78 is 5.59.